The Labute approximate surface area is 163 Å². The van der Waals surface area contributed by atoms with E-state index in [0.29, 0.717) is 31.7 Å². The molecule has 1 fully saturated rings. The number of hydrogen-bond donors (Lipinski definition) is 0. The summed E-state index contributed by atoms with van der Waals surface area (Å²) in [5.74, 6) is 0.0444. The van der Waals surface area contributed by atoms with Crippen molar-refractivity contribution in [3.63, 3.8) is 0 Å². The highest BCUT2D eigenvalue weighted by atomic mass is 16.2. The second-order valence-electron chi connectivity index (χ2n) is 6.96. The van der Waals surface area contributed by atoms with Crippen molar-refractivity contribution in [2.75, 3.05) is 26.2 Å². The van der Waals surface area contributed by atoms with Crippen LogP contribution < -0.4 is 0 Å². The van der Waals surface area contributed by atoms with Crippen LogP contribution >= 0.6 is 0 Å². The summed E-state index contributed by atoms with van der Waals surface area (Å²) in [7, 11) is 0. The van der Waals surface area contributed by atoms with E-state index < -0.39 is 0 Å². The van der Waals surface area contributed by atoms with Crippen LogP contribution in [0, 0.1) is 0 Å². The van der Waals surface area contributed by atoms with Gasteiger partial charge in [0, 0.05) is 56.4 Å². The van der Waals surface area contributed by atoms with Crippen molar-refractivity contribution in [1.82, 2.24) is 19.8 Å². The van der Waals surface area contributed by atoms with Crippen molar-refractivity contribution in [2.45, 2.75) is 13.3 Å². The van der Waals surface area contributed by atoms with Gasteiger partial charge in [0.1, 0.15) is 0 Å². The third-order valence-electron chi connectivity index (χ3n) is 5.15. The minimum Gasteiger partial charge on any atom is -0.341 e. The van der Waals surface area contributed by atoms with Gasteiger partial charge >= 0.3 is 0 Å². The number of nitrogens with zero attached hydrogens (tertiary/aromatic N) is 4. The van der Waals surface area contributed by atoms with E-state index in [9.17, 15) is 9.59 Å². The van der Waals surface area contributed by atoms with Gasteiger partial charge in [-0.05, 0) is 30.7 Å². The van der Waals surface area contributed by atoms with Gasteiger partial charge in [0.25, 0.3) is 5.91 Å². The Morgan fingerprint density at radius 1 is 0.929 bits per heavy atom. The zero-order chi connectivity index (χ0) is 19.5. The van der Waals surface area contributed by atoms with E-state index in [-0.39, 0.29) is 11.8 Å². The van der Waals surface area contributed by atoms with Gasteiger partial charge in [-0.15, -0.1) is 0 Å². The molecule has 0 aliphatic carbocycles. The topological polar surface area (TPSA) is 66.4 Å². The van der Waals surface area contributed by atoms with Gasteiger partial charge in [0.2, 0.25) is 5.91 Å². The number of aromatic nitrogens is 2. The van der Waals surface area contributed by atoms with Crippen molar-refractivity contribution >= 4 is 22.7 Å². The lowest BCUT2D eigenvalue weighted by atomic mass is 10.0. The van der Waals surface area contributed by atoms with Crippen LogP contribution in [0.3, 0.4) is 0 Å². The van der Waals surface area contributed by atoms with Gasteiger partial charge in [0.05, 0.1) is 16.8 Å². The van der Waals surface area contributed by atoms with E-state index in [1.165, 1.54) is 0 Å². The summed E-state index contributed by atoms with van der Waals surface area (Å²) >= 11 is 0. The van der Waals surface area contributed by atoms with Crippen molar-refractivity contribution < 1.29 is 9.59 Å². The predicted octanol–water partition coefficient (Wildman–Crippen LogP) is 2.99. The third-order valence-corrected chi connectivity index (χ3v) is 5.15. The molecule has 0 unspecified atom stereocenters. The van der Waals surface area contributed by atoms with Crippen LogP contribution in [0.15, 0.2) is 54.9 Å². The molecule has 2 aromatic heterocycles. The lowest BCUT2D eigenvalue weighted by molar-refractivity contribution is -0.128. The highest BCUT2D eigenvalue weighted by molar-refractivity contribution is 6.07. The predicted molar refractivity (Wildman–Crippen MR) is 108 cm³/mol. The molecule has 0 saturated carbocycles. The molecular weight excluding hydrogens is 352 g/mol. The molecule has 0 radical (unpaired) electrons. The van der Waals surface area contributed by atoms with Gasteiger partial charge in [-0.25, -0.2) is 4.98 Å². The normalized spacial score (nSPS) is 14.8. The fourth-order valence-electron chi connectivity index (χ4n) is 3.63. The summed E-state index contributed by atoms with van der Waals surface area (Å²) in [5.41, 5.74) is 3.12. The van der Waals surface area contributed by atoms with Crippen LogP contribution in [0.5, 0.6) is 0 Å². The molecule has 4 rings (SSSR count). The van der Waals surface area contributed by atoms with Crippen molar-refractivity contribution in [2.24, 2.45) is 0 Å². The molecule has 1 saturated heterocycles. The van der Waals surface area contributed by atoms with Crippen LogP contribution in [0.1, 0.15) is 23.7 Å². The first kappa shape index (κ1) is 18.1. The SMILES string of the molecule is CC(=O)N1CCCN(C(=O)c2cc(-c3ccncc3)nc3ccccc23)CC1. The number of hydrogen-bond acceptors (Lipinski definition) is 4. The number of carbonyl (C=O) groups is 2. The first-order valence-corrected chi connectivity index (χ1v) is 9.48. The molecule has 0 atom stereocenters. The Kier molecular flexibility index (Phi) is 5.02. The maximum Gasteiger partial charge on any atom is 0.254 e. The largest absolute Gasteiger partial charge is 0.341 e. The molecule has 28 heavy (non-hydrogen) atoms. The van der Waals surface area contributed by atoms with E-state index in [2.05, 4.69) is 4.98 Å². The number of pyridine rings is 2. The highest BCUT2D eigenvalue weighted by Gasteiger charge is 2.23. The second kappa shape index (κ2) is 7.76. The molecule has 0 spiro atoms. The fourth-order valence-corrected chi connectivity index (χ4v) is 3.63. The molecular formula is C22H22N4O2. The summed E-state index contributed by atoms with van der Waals surface area (Å²) < 4.78 is 0. The molecule has 6 nitrogen and oxygen atoms in total. The molecule has 2 amide bonds. The van der Waals surface area contributed by atoms with Gasteiger partial charge in [0.15, 0.2) is 0 Å². The average molecular weight is 374 g/mol. The molecule has 3 heterocycles. The molecule has 0 N–H and O–H groups in total. The van der Waals surface area contributed by atoms with E-state index in [0.717, 1.165) is 28.6 Å². The first-order chi connectivity index (χ1) is 13.6. The minimum atomic E-state index is -0.0145. The molecule has 1 aromatic carbocycles. The van der Waals surface area contributed by atoms with Crippen LogP contribution in [-0.2, 0) is 4.79 Å². The van der Waals surface area contributed by atoms with E-state index in [1.807, 2.05) is 47.4 Å². The molecule has 1 aliphatic rings. The van der Waals surface area contributed by atoms with Crippen LogP contribution in [-0.4, -0.2) is 57.8 Å². The molecule has 0 bridgehead atoms. The highest BCUT2D eigenvalue weighted by Crippen LogP contribution is 2.26. The Morgan fingerprint density at radius 3 is 2.43 bits per heavy atom. The van der Waals surface area contributed by atoms with Gasteiger partial charge in [-0.1, -0.05) is 18.2 Å². The number of carbonyl (C=O) groups excluding carboxylic acids is 2. The summed E-state index contributed by atoms with van der Waals surface area (Å²) in [5, 5.41) is 0.845. The first-order valence-electron chi connectivity index (χ1n) is 9.48. The molecule has 6 heteroatoms. The van der Waals surface area contributed by atoms with Crippen LogP contribution in [0.4, 0.5) is 0 Å². The van der Waals surface area contributed by atoms with E-state index in [1.54, 1.807) is 24.2 Å². The summed E-state index contributed by atoms with van der Waals surface area (Å²) in [6.07, 6.45) is 4.23. The zero-order valence-corrected chi connectivity index (χ0v) is 15.8. The number of para-hydroxylation sites is 1. The van der Waals surface area contributed by atoms with Crippen LogP contribution in [0.25, 0.3) is 22.2 Å². The number of amides is 2. The quantitative estimate of drug-likeness (QED) is 0.692. The summed E-state index contributed by atoms with van der Waals surface area (Å²) in [4.78, 5) is 37.5. The number of benzene rings is 1. The lowest BCUT2D eigenvalue weighted by Crippen LogP contribution is -2.36. The standard InChI is InChI=1S/C22H22N4O2/c1-16(27)25-11-4-12-26(14-13-25)22(28)19-15-21(17-7-9-23-10-8-17)24-20-6-3-2-5-18(19)20/h2-3,5-10,15H,4,11-14H2,1H3. The Morgan fingerprint density at radius 2 is 1.64 bits per heavy atom. The van der Waals surface area contributed by atoms with Gasteiger partial charge in [-0.2, -0.15) is 0 Å². The van der Waals surface area contributed by atoms with Crippen molar-refractivity contribution in [3.8, 4) is 11.3 Å². The number of fused-ring (bicyclic) bond motifs is 1. The minimum absolute atomic E-state index is 0.0145. The molecule has 142 valence electrons. The van der Waals surface area contributed by atoms with E-state index in [4.69, 9.17) is 4.98 Å². The summed E-state index contributed by atoms with van der Waals surface area (Å²) in [6.45, 7) is 4.03. The molecule has 1 aliphatic heterocycles. The smallest absolute Gasteiger partial charge is 0.254 e. The van der Waals surface area contributed by atoms with Gasteiger partial charge in [-0.3, -0.25) is 14.6 Å². The van der Waals surface area contributed by atoms with Crippen LogP contribution in [0.2, 0.25) is 0 Å². The lowest BCUT2D eigenvalue weighted by Gasteiger charge is -2.22. The Bertz CT molecular complexity index is 1020. The average Bonchev–Trinajstić information content (AvgIpc) is 2.99. The van der Waals surface area contributed by atoms with E-state index >= 15 is 0 Å². The maximum atomic E-state index is 13.4. The Balaban J connectivity index is 1.73. The van der Waals surface area contributed by atoms with Gasteiger partial charge < -0.3 is 9.80 Å². The fraction of sp³-hybridized carbons (Fsp3) is 0.273. The number of rotatable bonds is 2. The van der Waals surface area contributed by atoms with Crippen molar-refractivity contribution in [3.05, 3.63) is 60.4 Å². The monoisotopic (exact) mass is 374 g/mol. The van der Waals surface area contributed by atoms with Crippen molar-refractivity contribution in [1.29, 1.82) is 0 Å². The maximum absolute atomic E-state index is 13.4. The zero-order valence-electron chi connectivity index (χ0n) is 15.8. The third kappa shape index (κ3) is 3.58. The second-order valence-corrected chi connectivity index (χ2v) is 6.96. The summed E-state index contributed by atoms with van der Waals surface area (Å²) in [6, 6.07) is 13.4. The Hall–Kier alpha value is -3.28. The molecule has 3 aromatic rings.